The minimum Gasteiger partial charge on any atom is -0.384 e. The molecule has 2 aromatic carbocycles. The standard InChI is InChI=1S/C14H12BrFN2O2S/c15-12-7-10(16)2-4-13(12)18-21(19,20)11-3-1-9-5-6-17-14(9)8-11/h1-4,7-8,17-18H,5-6H2. The van der Waals surface area contributed by atoms with Gasteiger partial charge in [-0.2, -0.15) is 0 Å². The third kappa shape index (κ3) is 2.89. The Labute approximate surface area is 130 Å². The van der Waals surface area contributed by atoms with Gasteiger partial charge in [0.1, 0.15) is 5.82 Å². The first kappa shape index (κ1) is 14.3. The lowest BCUT2D eigenvalue weighted by Gasteiger charge is -2.11. The molecule has 110 valence electrons. The van der Waals surface area contributed by atoms with Gasteiger partial charge in [0, 0.05) is 16.7 Å². The van der Waals surface area contributed by atoms with Gasteiger partial charge in [-0.25, -0.2) is 12.8 Å². The minimum absolute atomic E-state index is 0.173. The molecule has 21 heavy (non-hydrogen) atoms. The van der Waals surface area contributed by atoms with E-state index in [-0.39, 0.29) is 4.90 Å². The van der Waals surface area contributed by atoms with Crippen LogP contribution >= 0.6 is 15.9 Å². The fourth-order valence-corrected chi connectivity index (χ4v) is 3.90. The highest BCUT2D eigenvalue weighted by Gasteiger charge is 2.19. The predicted octanol–water partition coefficient (Wildman–Crippen LogP) is 3.36. The van der Waals surface area contributed by atoms with Crippen LogP contribution in [0.1, 0.15) is 5.56 Å². The van der Waals surface area contributed by atoms with E-state index in [0.29, 0.717) is 10.2 Å². The number of fused-ring (bicyclic) bond motifs is 1. The summed E-state index contributed by atoms with van der Waals surface area (Å²) in [5.41, 5.74) is 2.25. The summed E-state index contributed by atoms with van der Waals surface area (Å²) in [6.45, 7) is 0.815. The minimum atomic E-state index is -3.71. The lowest BCUT2D eigenvalue weighted by Crippen LogP contribution is -2.13. The van der Waals surface area contributed by atoms with Crippen LogP contribution < -0.4 is 10.0 Å². The molecule has 1 aliphatic rings. The Kier molecular flexibility index (Phi) is 3.62. The number of nitrogens with one attached hydrogen (secondary N) is 2. The van der Waals surface area contributed by atoms with Crippen molar-refractivity contribution < 1.29 is 12.8 Å². The molecule has 0 aromatic heterocycles. The van der Waals surface area contributed by atoms with Gasteiger partial charge in [-0.15, -0.1) is 0 Å². The van der Waals surface area contributed by atoms with Crippen LogP contribution in [0, 0.1) is 5.82 Å². The van der Waals surface area contributed by atoms with Gasteiger partial charge in [0.2, 0.25) is 0 Å². The fraction of sp³-hybridized carbons (Fsp3) is 0.143. The Morgan fingerprint density at radius 1 is 1.19 bits per heavy atom. The summed E-state index contributed by atoms with van der Waals surface area (Å²) < 4.78 is 40.6. The van der Waals surface area contributed by atoms with Crippen molar-refractivity contribution in [1.29, 1.82) is 0 Å². The summed E-state index contributed by atoms with van der Waals surface area (Å²) in [7, 11) is -3.71. The van der Waals surface area contributed by atoms with Crippen molar-refractivity contribution in [2.24, 2.45) is 0 Å². The molecule has 0 fully saturated rings. The normalized spacial score (nSPS) is 13.6. The molecule has 7 heteroatoms. The van der Waals surface area contributed by atoms with Crippen molar-refractivity contribution in [1.82, 2.24) is 0 Å². The highest BCUT2D eigenvalue weighted by molar-refractivity contribution is 9.10. The van der Waals surface area contributed by atoms with Crippen LogP contribution in [0.15, 0.2) is 45.8 Å². The molecule has 0 radical (unpaired) electrons. The Morgan fingerprint density at radius 2 is 2.00 bits per heavy atom. The first-order valence-corrected chi connectivity index (χ1v) is 8.58. The largest absolute Gasteiger partial charge is 0.384 e. The zero-order chi connectivity index (χ0) is 15.0. The molecule has 2 N–H and O–H groups in total. The number of rotatable bonds is 3. The van der Waals surface area contributed by atoms with Gasteiger partial charge < -0.3 is 5.32 Å². The third-order valence-corrected chi connectivity index (χ3v) is 5.30. The van der Waals surface area contributed by atoms with Crippen LogP contribution in [0.2, 0.25) is 0 Å². The SMILES string of the molecule is O=S(=O)(Nc1ccc(F)cc1Br)c1ccc2c(c1)NCC2. The van der Waals surface area contributed by atoms with Gasteiger partial charge in [-0.05, 0) is 58.2 Å². The van der Waals surface area contributed by atoms with Gasteiger partial charge in [-0.3, -0.25) is 4.72 Å². The Morgan fingerprint density at radius 3 is 2.76 bits per heavy atom. The van der Waals surface area contributed by atoms with Crippen LogP contribution in [-0.2, 0) is 16.4 Å². The van der Waals surface area contributed by atoms with Crippen LogP contribution in [0.3, 0.4) is 0 Å². The summed E-state index contributed by atoms with van der Waals surface area (Å²) in [6.07, 6.45) is 0.895. The zero-order valence-corrected chi connectivity index (χ0v) is 13.3. The summed E-state index contributed by atoms with van der Waals surface area (Å²) in [5.74, 6) is -0.438. The molecular weight excluding hydrogens is 359 g/mol. The van der Waals surface area contributed by atoms with Crippen LogP contribution in [0.5, 0.6) is 0 Å². The molecule has 0 unspecified atom stereocenters. The Hall–Kier alpha value is -1.60. The number of hydrogen-bond donors (Lipinski definition) is 2. The molecule has 0 spiro atoms. The maximum Gasteiger partial charge on any atom is 0.262 e. The lowest BCUT2D eigenvalue weighted by molar-refractivity contribution is 0.601. The summed E-state index contributed by atoms with van der Waals surface area (Å²) in [5, 5.41) is 3.14. The molecule has 0 saturated heterocycles. The maximum absolute atomic E-state index is 13.0. The van der Waals surface area contributed by atoms with Gasteiger partial charge in [-0.1, -0.05) is 6.07 Å². The molecule has 1 aliphatic heterocycles. The zero-order valence-electron chi connectivity index (χ0n) is 10.9. The quantitative estimate of drug-likeness (QED) is 0.870. The highest BCUT2D eigenvalue weighted by Crippen LogP contribution is 2.29. The summed E-state index contributed by atoms with van der Waals surface area (Å²) in [4.78, 5) is 0.173. The van der Waals surface area contributed by atoms with Crippen molar-refractivity contribution in [3.8, 4) is 0 Å². The van der Waals surface area contributed by atoms with E-state index < -0.39 is 15.8 Å². The first-order valence-electron chi connectivity index (χ1n) is 6.30. The average molecular weight is 371 g/mol. The van der Waals surface area contributed by atoms with Crippen molar-refractivity contribution in [2.75, 3.05) is 16.6 Å². The molecule has 0 aliphatic carbocycles. The van der Waals surface area contributed by atoms with Gasteiger partial charge in [0.15, 0.2) is 0 Å². The van der Waals surface area contributed by atoms with E-state index in [1.54, 1.807) is 12.1 Å². The Balaban J connectivity index is 1.93. The molecule has 0 atom stereocenters. The first-order chi connectivity index (χ1) is 9.95. The second-order valence-corrected chi connectivity index (χ2v) is 7.26. The van der Waals surface area contributed by atoms with E-state index in [4.69, 9.17) is 0 Å². The smallest absolute Gasteiger partial charge is 0.262 e. The Bertz CT molecular complexity index is 809. The highest BCUT2D eigenvalue weighted by atomic mass is 79.9. The molecule has 0 bridgehead atoms. The summed E-state index contributed by atoms with van der Waals surface area (Å²) in [6, 6.07) is 8.79. The van der Waals surface area contributed by atoms with Gasteiger partial charge in [0.05, 0.1) is 10.6 Å². The van der Waals surface area contributed by atoms with Crippen molar-refractivity contribution in [3.05, 3.63) is 52.3 Å². The molecule has 2 aromatic rings. The van der Waals surface area contributed by atoms with E-state index in [0.717, 1.165) is 24.2 Å². The second-order valence-electron chi connectivity index (χ2n) is 4.73. The topological polar surface area (TPSA) is 58.2 Å². The number of anilines is 2. The van der Waals surface area contributed by atoms with Crippen molar-refractivity contribution in [3.63, 3.8) is 0 Å². The lowest BCUT2D eigenvalue weighted by atomic mass is 10.2. The van der Waals surface area contributed by atoms with E-state index in [1.807, 2.05) is 6.07 Å². The van der Waals surface area contributed by atoms with Gasteiger partial charge >= 0.3 is 0 Å². The van der Waals surface area contributed by atoms with Crippen LogP contribution in [0.25, 0.3) is 0 Å². The van der Waals surface area contributed by atoms with E-state index in [2.05, 4.69) is 26.0 Å². The molecule has 3 rings (SSSR count). The second kappa shape index (κ2) is 5.31. The van der Waals surface area contributed by atoms with Crippen molar-refractivity contribution in [2.45, 2.75) is 11.3 Å². The molecule has 0 amide bonds. The van der Waals surface area contributed by atoms with Crippen LogP contribution in [0.4, 0.5) is 15.8 Å². The predicted molar refractivity (Wildman–Crippen MR) is 83.5 cm³/mol. The van der Waals surface area contributed by atoms with E-state index in [9.17, 15) is 12.8 Å². The maximum atomic E-state index is 13.0. The summed E-state index contributed by atoms with van der Waals surface area (Å²) >= 11 is 3.14. The van der Waals surface area contributed by atoms with E-state index in [1.165, 1.54) is 18.2 Å². The molecular formula is C14H12BrFN2O2S. The molecule has 0 saturated carbocycles. The number of sulfonamides is 1. The number of halogens is 2. The molecule has 1 heterocycles. The van der Waals surface area contributed by atoms with Gasteiger partial charge in [0.25, 0.3) is 10.0 Å². The van der Waals surface area contributed by atoms with Crippen molar-refractivity contribution >= 4 is 37.3 Å². The number of benzene rings is 2. The molecule has 4 nitrogen and oxygen atoms in total. The number of hydrogen-bond acceptors (Lipinski definition) is 3. The van der Waals surface area contributed by atoms with E-state index >= 15 is 0 Å². The average Bonchev–Trinajstić information content (AvgIpc) is 2.89. The third-order valence-electron chi connectivity index (χ3n) is 3.28. The fourth-order valence-electron chi connectivity index (χ4n) is 2.21. The monoisotopic (exact) mass is 370 g/mol. The van der Waals surface area contributed by atoms with Crippen LogP contribution in [-0.4, -0.2) is 15.0 Å².